The van der Waals surface area contributed by atoms with E-state index in [0.29, 0.717) is 5.75 Å². The molecule has 2 aromatic rings. The molecule has 1 aliphatic heterocycles. The Morgan fingerprint density at radius 1 is 1.04 bits per heavy atom. The summed E-state index contributed by atoms with van der Waals surface area (Å²) in [7, 11) is -3.70. The highest BCUT2D eigenvalue weighted by molar-refractivity contribution is 9.10. The van der Waals surface area contributed by atoms with Gasteiger partial charge in [-0.15, -0.1) is 0 Å². The molecular weight excluding hydrogens is 439 g/mol. The van der Waals surface area contributed by atoms with E-state index in [-0.39, 0.29) is 43.6 Å². The summed E-state index contributed by atoms with van der Waals surface area (Å²) in [6, 6.07) is 11.9. The van der Waals surface area contributed by atoms with Crippen LogP contribution in [-0.4, -0.2) is 56.3 Å². The number of carbonyl (C=O) groups is 1. The monoisotopic (exact) mass is 456 g/mol. The molecule has 2 aromatic carbocycles. The predicted octanol–water partition coefficient (Wildman–Crippen LogP) is 2.50. The number of hydrogen-bond acceptors (Lipinski definition) is 4. The van der Waals surface area contributed by atoms with Crippen LogP contribution in [0.5, 0.6) is 5.75 Å². The SMILES string of the molecule is O=C(COc1ccccc1Br)N1CCN(S(=O)(=O)c2ccc(F)cc2)CC1. The Kier molecular flexibility index (Phi) is 6.13. The summed E-state index contributed by atoms with van der Waals surface area (Å²) in [4.78, 5) is 13.9. The van der Waals surface area contributed by atoms with Crippen LogP contribution in [0, 0.1) is 5.82 Å². The summed E-state index contributed by atoms with van der Waals surface area (Å²) in [5.41, 5.74) is 0. The van der Waals surface area contributed by atoms with Crippen molar-refractivity contribution in [2.45, 2.75) is 4.90 Å². The summed E-state index contributed by atoms with van der Waals surface area (Å²) < 4.78 is 45.8. The molecule has 0 aromatic heterocycles. The summed E-state index contributed by atoms with van der Waals surface area (Å²) in [5, 5.41) is 0. The Morgan fingerprint density at radius 2 is 1.67 bits per heavy atom. The summed E-state index contributed by atoms with van der Waals surface area (Å²) in [6.45, 7) is 0.797. The van der Waals surface area contributed by atoms with Crippen LogP contribution in [0.25, 0.3) is 0 Å². The summed E-state index contributed by atoms with van der Waals surface area (Å²) >= 11 is 3.35. The number of para-hydroxylation sites is 1. The average Bonchev–Trinajstić information content (AvgIpc) is 2.67. The van der Waals surface area contributed by atoms with Gasteiger partial charge in [0.1, 0.15) is 11.6 Å². The highest BCUT2D eigenvalue weighted by Crippen LogP contribution is 2.24. The van der Waals surface area contributed by atoms with Crippen molar-refractivity contribution in [1.82, 2.24) is 9.21 Å². The van der Waals surface area contributed by atoms with E-state index >= 15 is 0 Å². The van der Waals surface area contributed by atoms with Crippen molar-refractivity contribution in [2.75, 3.05) is 32.8 Å². The molecule has 0 spiro atoms. The van der Waals surface area contributed by atoms with Gasteiger partial charge in [0.05, 0.1) is 9.37 Å². The molecule has 27 heavy (non-hydrogen) atoms. The Bertz CT molecular complexity index is 913. The molecule has 0 radical (unpaired) electrons. The average molecular weight is 457 g/mol. The van der Waals surface area contributed by atoms with Crippen molar-refractivity contribution in [1.29, 1.82) is 0 Å². The topological polar surface area (TPSA) is 66.9 Å². The molecule has 0 bridgehead atoms. The van der Waals surface area contributed by atoms with Crippen molar-refractivity contribution in [2.24, 2.45) is 0 Å². The lowest BCUT2D eigenvalue weighted by molar-refractivity contribution is -0.134. The second-order valence-corrected chi connectivity index (χ2v) is 8.75. The van der Waals surface area contributed by atoms with Crippen molar-refractivity contribution >= 4 is 31.9 Å². The molecule has 9 heteroatoms. The third-order valence-corrected chi connectivity index (χ3v) is 6.80. The number of benzene rings is 2. The Balaban J connectivity index is 1.56. The zero-order valence-corrected chi connectivity index (χ0v) is 16.7. The number of ether oxygens (including phenoxy) is 1. The molecule has 1 heterocycles. The van der Waals surface area contributed by atoms with E-state index < -0.39 is 15.8 Å². The third-order valence-electron chi connectivity index (χ3n) is 4.23. The zero-order valence-electron chi connectivity index (χ0n) is 14.3. The molecule has 1 amide bonds. The fourth-order valence-electron chi connectivity index (χ4n) is 2.73. The normalized spacial score (nSPS) is 15.6. The number of halogens is 2. The van der Waals surface area contributed by atoms with E-state index in [4.69, 9.17) is 4.74 Å². The van der Waals surface area contributed by atoms with Crippen LogP contribution in [0.3, 0.4) is 0 Å². The van der Waals surface area contributed by atoms with Crippen LogP contribution in [0.2, 0.25) is 0 Å². The van der Waals surface area contributed by atoms with E-state index in [9.17, 15) is 17.6 Å². The van der Waals surface area contributed by atoms with Crippen molar-refractivity contribution in [3.05, 3.63) is 58.8 Å². The predicted molar refractivity (Wildman–Crippen MR) is 101 cm³/mol. The van der Waals surface area contributed by atoms with Gasteiger partial charge in [0.2, 0.25) is 10.0 Å². The molecule has 6 nitrogen and oxygen atoms in total. The minimum Gasteiger partial charge on any atom is -0.483 e. The van der Waals surface area contributed by atoms with Crippen molar-refractivity contribution < 1.29 is 22.3 Å². The van der Waals surface area contributed by atoms with Gasteiger partial charge in [-0.25, -0.2) is 12.8 Å². The molecule has 0 aliphatic carbocycles. The van der Waals surface area contributed by atoms with Gasteiger partial charge >= 0.3 is 0 Å². The maximum atomic E-state index is 13.0. The van der Waals surface area contributed by atoms with E-state index in [2.05, 4.69) is 15.9 Å². The Morgan fingerprint density at radius 3 is 2.30 bits per heavy atom. The number of carbonyl (C=O) groups excluding carboxylic acids is 1. The van der Waals surface area contributed by atoms with Crippen molar-refractivity contribution in [3.8, 4) is 5.75 Å². The Labute approximate surface area is 165 Å². The molecule has 0 unspecified atom stereocenters. The van der Waals surface area contributed by atoms with Crippen LogP contribution in [0.4, 0.5) is 4.39 Å². The lowest BCUT2D eigenvalue weighted by Gasteiger charge is -2.34. The fraction of sp³-hybridized carbons (Fsp3) is 0.278. The fourth-order valence-corrected chi connectivity index (χ4v) is 4.55. The van der Waals surface area contributed by atoms with E-state index in [1.165, 1.54) is 16.4 Å². The highest BCUT2D eigenvalue weighted by Gasteiger charge is 2.30. The highest BCUT2D eigenvalue weighted by atomic mass is 79.9. The lowest BCUT2D eigenvalue weighted by Crippen LogP contribution is -2.51. The second kappa shape index (κ2) is 8.37. The number of rotatable bonds is 5. The quantitative estimate of drug-likeness (QED) is 0.692. The number of nitrogens with zero attached hydrogens (tertiary/aromatic N) is 2. The number of piperazine rings is 1. The van der Waals surface area contributed by atoms with Crippen LogP contribution in [0.15, 0.2) is 57.9 Å². The van der Waals surface area contributed by atoms with Crippen LogP contribution in [0.1, 0.15) is 0 Å². The van der Waals surface area contributed by atoms with Gasteiger partial charge in [-0.3, -0.25) is 4.79 Å². The van der Waals surface area contributed by atoms with Gasteiger partial charge in [0.15, 0.2) is 6.61 Å². The molecule has 0 saturated carbocycles. The lowest BCUT2D eigenvalue weighted by atomic mass is 10.3. The van der Waals surface area contributed by atoms with Crippen LogP contribution < -0.4 is 4.74 Å². The first-order valence-corrected chi connectivity index (χ1v) is 10.5. The second-order valence-electron chi connectivity index (χ2n) is 5.96. The number of hydrogen-bond donors (Lipinski definition) is 0. The van der Waals surface area contributed by atoms with Crippen molar-refractivity contribution in [3.63, 3.8) is 0 Å². The molecule has 1 fully saturated rings. The zero-order chi connectivity index (χ0) is 19.4. The molecular formula is C18H18BrFN2O4S. The molecule has 0 N–H and O–H groups in total. The number of sulfonamides is 1. The first-order valence-electron chi connectivity index (χ1n) is 8.29. The molecule has 1 saturated heterocycles. The summed E-state index contributed by atoms with van der Waals surface area (Å²) in [6.07, 6.45) is 0. The van der Waals surface area contributed by atoms with Gasteiger partial charge in [0.25, 0.3) is 5.91 Å². The van der Waals surface area contributed by atoms with Crippen LogP contribution in [-0.2, 0) is 14.8 Å². The smallest absolute Gasteiger partial charge is 0.260 e. The third kappa shape index (κ3) is 4.66. The van der Waals surface area contributed by atoms with Gasteiger partial charge in [-0.05, 0) is 52.3 Å². The number of amides is 1. The van der Waals surface area contributed by atoms with Gasteiger partial charge < -0.3 is 9.64 Å². The van der Waals surface area contributed by atoms with Crippen LogP contribution >= 0.6 is 15.9 Å². The van der Waals surface area contributed by atoms with E-state index in [0.717, 1.165) is 16.6 Å². The Hall–Kier alpha value is -1.97. The van der Waals surface area contributed by atoms with E-state index in [1.54, 1.807) is 11.0 Å². The van der Waals surface area contributed by atoms with E-state index in [1.807, 2.05) is 18.2 Å². The minimum atomic E-state index is -3.70. The van der Waals surface area contributed by atoms with Gasteiger partial charge in [0, 0.05) is 26.2 Å². The maximum absolute atomic E-state index is 13.0. The van der Waals surface area contributed by atoms with Gasteiger partial charge in [-0.2, -0.15) is 4.31 Å². The largest absolute Gasteiger partial charge is 0.483 e. The first kappa shape index (κ1) is 19.8. The molecule has 1 aliphatic rings. The maximum Gasteiger partial charge on any atom is 0.260 e. The molecule has 3 rings (SSSR count). The standard InChI is InChI=1S/C18H18BrFN2O4S/c19-16-3-1-2-4-17(16)26-13-18(23)21-9-11-22(12-10-21)27(24,25)15-7-5-14(20)6-8-15/h1-8H,9-13H2. The molecule has 144 valence electrons. The summed E-state index contributed by atoms with van der Waals surface area (Å²) in [5.74, 6) is -0.123. The minimum absolute atomic E-state index is 0.0425. The first-order chi connectivity index (χ1) is 12.9. The molecule has 0 atom stereocenters. The van der Waals surface area contributed by atoms with Gasteiger partial charge in [-0.1, -0.05) is 12.1 Å².